The number of carbonyl (C=O) groups excluding carboxylic acids is 2. The molecule has 146 valence electrons. The minimum Gasteiger partial charge on any atom is -0.507 e. The van der Waals surface area contributed by atoms with Crippen LogP contribution in [-0.2, 0) is 6.54 Å². The van der Waals surface area contributed by atoms with E-state index in [1.54, 1.807) is 4.90 Å². The molecule has 0 spiro atoms. The van der Waals surface area contributed by atoms with Gasteiger partial charge >= 0.3 is 6.09 Å². The average molecular weight is 382 g/mol. The molecule has 1 aliphatic rings. The highest BCUT2D eigenvalue weighted by atomic mass is 16.4. The molecule has 3 N–H and O–H groups in total. The second kappa shape index (κ2) is 8.56. The van der Waals surface area contributed by atoms with Gasteiger partial charge < -0.3 is 20.4 Å². The van der Waals surface area contributed by atoms with Gasteiger partial charge in [0.15, 0.2) is 6.29 Å². The fourth-order valence-electron chi connectivity index (χ4n) is 3.52. The zero-order chi connectivity index (χ0) is 20.1. The van der Waals surface area contributed by atoms with E-state index in [2.05, 4.69) is 5.32 Å². The van der Waals surface area contributed by atoms with E-state index in [1.165, 1.54) is 18.2 Å². The summed E-state index contributed by atoms with van der Waals surface area (Å²) in [4.78, 5) is 36.1. The van der Waals surface area contributed by atoms with Crippen molar-refractivity contribution in [3.05, 3.63) is 64.7 Å². The van der Waals surface area contributed by atoms with Gasteiger partial charge in [-0.25, -0.2) is 4.79 Å². The normalized spacial score (nSPS) is 14.5. The first kappa shape index (κ1) is 19.4. The third kappa shape index (κ3) is 4.49. The maximum atomic E-state index is 12.7. The summed E-state index contributed by atoms with van der Waals surface area (Å²) in [6.45, 7) is 1.46. The quantitative estimate of drug-likeness (QED) is 0.689. The van der Waals surface area contributed by atoms with Crippen LogP contribution in [0.3, 0.4) is 0 Å². The predicted octanol–water partition coefficient (Wildman–Crippen LogP) is 2.99. The average Bonchev–Trinajstić information content (AvgIpc) is 2.72. The molecule has 1 saturated heterocycles. The maximum absolute atomic E-state index is 12.7. The fraction of sp³-hybridized carbons (Fsp3) is 0.286. The first-order valence-corrected chi connectivity index (χ1v) is 9.11. The summed E-state index contributed by atoms with van der Waals surface area (Å²) in [7, 11) is 0. The number of benzene rings is 2. The number of hydrogen-bond donors (Lipinski definition) is 3. The largest absolute Gasteiger partial charge is 0.507 e. The molecule has 0 aromatic heterocycles. The Morgan fingerprint density at radius 2 is 1.89 bits per heavy atom. The van der Waals surface area contributed by atoms with Gasteiger partial charge in [0.25, 0.3) is 5.91 Å². The Balaban J connectivity index is 1.63. The number of carboxylic acid groups (broad SMARTS) is 1. The lowest BCUT2D eigenvalue weighted by molar-refractivity contribution is 0.0713. The van der Waals surface area contributed by atoms with E-state index in [4.69, 9.17) is 5.11 Å². The summed E-state index contributed by atoms with van der Waals surface area (Å²) >= 11 is 0. The van der Waals surface area contributed by atoms with Crippen LogP contribution in [0.2, 0.25) is 0 Å². The number of likely N-dealkylation sites (tertiary alicyclic amines) is 1. The molecule has 1 fully saturated rings. The van der Waals surface area contributed by atoms with Gasteiger partial charge in [0.05, 0.1) is 5.56 Å². The number of hydrogen-bond acceptors (Lipinski definition) is 4. The number of piperidine rings is 1. The molecule has 0 bridgehead atoms. The number of aldehydes is 1. The van der Waals surface area contributed by atoms with E-state index in [9.17, 15) is 19.5 Å². The Bertz CT molecular complexity index is 888. The molecular formula is C21H22N2O5. The smallest absolute Gasteiger partial charge is 0.404 e. The van der Waals surface area contributed by atoms with Crippen LogP contribution in [0.5, 0.6) is 5.75 Å². The van der Waals surface area contributed by atoms with Crippen molar-refractivity contribution in [2.45, 2.75) is 25.3 Å². The molecular weight excluding hydrogens is 360 g/mol. The van der Waals surface area contributed by atoms with Crippen LogP contribution in [0.25, 0.3) is 0 Å². The molecule has 2 aromatic rings. The summed E-state index contributed by atoms with van der Waals surface area (Å²) in [6.07, 6.45) is 1.09. The number of nitrogens with zero attached hydrogens (tertiary/aromatic N) is 1. The van der Waals surface area contributed by atoms with Crippen LogP contribution in [-0.4, -0.2) is 46.5 Å². The van der Waals surface area contributed by atoms with Crippen molar-refractivity contribution in [1.29, 1.82) is 0 Å². The topological polar surface area (TPSA) is 107 Å². The first-order chi connectivity index (χ1) is 13.5. The van der Waals surface area contributed by atoms with Gasteiger partial charge in [-0.3, -0.25) is 9.59 Å². The number of nitrogens with one attached hydrogen (secondary N) is 1. The fourth-order valence-corrected chi connectivity index (χ4v) is 3.52. The van der Waals surface area contributed by atoms with Gasteiger partial charge in [-0.2, -0.15) is 0 Å². The lowest BCUT2D eigenvalue weighted by Gasteiger charge is -2.32. The van der Waals surface area contributed by atoms with Crippen molar-refractivity contribution in [3.63, 3.8) is 0 Å². The van der Waals surface area contributed by atoms with E-state index in [0.29, 0.717) is 30.9 Å². The number of amides is 2. The highest BCUT2D eigenvalue weighted by molar-refractivity contribution is 5.96. The number of rotatable bonds is 5. The monoisotopic (exact) mass is 382 g/mol. The number of phenolic OH excluding ortho intramolecular Hbond substituents is 1. The molecule has 2 aromatic carbocycles. The van der Waals surface area contributed by atoms with E-state index in [0.717, 1.165) is 24.0 Å². The van der Waals surface area contributed by atoms with Crippen molar-refractivity contribution in [2.75, 3.05) is 13.1 Å². The standard InChI is InChI=1S/C21H22N2O5/c24-13-18-11-17(4-5-19(18)25)20(26)23-8-6-15(7-9-23)16-3-1-2-14(10-16)12-22-21(27)28/h1-5,10-11,13,15,22,25H,6-9,12H2,(H,27,28). The van der Waals surface area contributed by atoms with Crippen LogP contribution in [0.4, 0.5) is 4.79 Å². The molecule has 3 rings (SSSR count). The molecule has 0 atom stereocenters. The Morgan fingerprint density at radius 1 is 1.14 bits per heavy atom. The third-order valence-corrected chi connectivity index (χ3v) is 5.05. The molecule has 0 aliphatic carbocycles. The molecule has 0 radical (unpaired) electrons. The molecule has 0 saturated carbocycles. The molecule has 7 heteroatoms. The molecule has 2 amide bonds. The highest BCUT2D eigenvalue weighted by Gasteiger charge is 2.25. The first-order valence-electron chi connectivity index (χ1n) is 9.11. The third-order valence-electron chi connectivity index (χ3n) is 5.05. The van der Waals surface area contributed by atoms with Gasteiger partial charge in [-0.15, -0.1) is 0 Å². The lowest BCUT2D eigenvalue weighted by Crippen LogP contribution is -2.38. The Kier molecular flexibility index (Phi) is 5.93. The van der Waals surface area contributed by atoms with Gasteiger partial charge in [-0.05, 0) is 48.1 Å². The number of phenols is 1. The van der Waals surface area contributed by atoms with Crippen molar-refractivity contribution >= 4 is 18.3 Å². The molecule has 0 unspecified atom stereocenters. The SMILES string of the molecule is O=Cc1cc(C(=O)N2CCC(c3cccc(CNC(=O)O)c3)CC2)ccc1O. The van der Waals surface area contributed by atoms with E-state index in [1.807, 2.05) is 24.3 Å². The van der Waals surface area contributed by atoms with Crippen LogP contribution in [0.15, 0.2) is 42.5 Å². The number of aromatic hydroxyl groups is 1. The molecule has 1 aliphatic heterocycles. The Hall–Kier alpha value is -3.35. The van der Waals surface area contributed by atoms with Crippen molar-refractivity contribution in [2.24, 2.45) is 0 Å². The second-order valence-electron chi connectivity index (χ2n) is 6.86. The van der Waals surface area contributed by atoms with Gasteiger partial charge in [-0.1, -0.05) is 24.3 Å². The maximum Gasteiger partial charge on any atom is 0.404 e. The predicted molar refractivity (Wildman–Crippen MR) is 103 cm³/mol. The van der Waals surface area contributed by atoms with E-state index >= 15 is 0 Å². The van der Waals surface area contributed by atoms with Crippen molar-refractivity contribution in [1.82, 2.24) is 10.2 Å². The highest BCUT2D eigenvalue weighted by Crippen LogP contribution is 2.29. The van der Waals surface area contributed by atoms with Crippen LogP contribution >= 0.6 is 0 Å². The molecule has 1 heterocycles. The summed E-state index contributed by atoms with van der Waals surface area (Å²) < 4.78 is 0. The van der Waals surface area contributed by atoms with Gasteiger partial charge in [0.1, 0.15) is 5.75 Å². The van der Waals surface area contributed by atoms with Crippen molar-refractivity contribution in [3.8, 4) is 5.75 Å². The second-order valence-corrected chi connectivity index (χ2v) is 6.86. The van der Waals surface area contributed by atoms with Crippen LogP contribution < -0.4 is 5.32 Å². The van der Waals surface area contributed by atoms with Crippen LogP contribution in [0.1, 0.15) is 50.6 Å². The minimum absolute atomic E-state index is 0.104. The van der Waals surface area contributed by atoms with Crippen molar-refractivity contribution < 1.29 is 24.6 Å². The summed E-state index contributed by atoms with van der Waals surface area (Å²) in [6, 6.07) is 12.1. The zero-order valence-electron chi connectivity index (χ0n) is 15.3. The van der Waals surface area contributed by atoms with E-state index in [-0.39, 0.29) is 23.8 Å². The van der Waals surface area contributed by atoms with E-state index < -0.39 is 6.09 Å². The lowest BCUT2D eigenvalue weighted by atomic mass is 9.88. The summed E-state index contributed by atoms with van der Waals surface area (Å²) in [5, 5.41) is 20.7. The minimum atomic E-state index is -1.05. The Labute approximate surface area is 162 Å². The summed E-state index contributed by atoms with van der Waals surface area (Å²) in [5.74, 6) is 0.0164. The summed E-state index contributed by atoms with van der Waals surface area (Å²) in [5.41, 5.74) is 2.54. The zero-order valence-corrected chi connectivity index (χ0v) is 15.3. The molecule has 28 heavy (non-hydrogen) atoms. The Morgan fingerprint density at radius 3 is 2.57 bits per heavy atom. The van der Waals surface area contributed by atoms with Gasteiger partial charge in [0, 0.05) is 25.2 Å². The van der Waals surface area contributed by atoms with Gasteiger partial charge in [0.2, 0.25) is 0 Å². The number of carbonyl (C=O) groups is 3. The molecule has 7 nitrogen and oxygen atoms in total. The van der Waals surface area contributed by atoms with Crippen LogP contribution in [0, 0.1) is 0 Å².